The van der Waals surface area contributed by atoms with Crippen LogP contribution in [-0.2, 0) is 19.5 Å². The van der Waals surface area contributed by atoms with Crippen LogP contribution < -0.4 is 0 Å². The third-order valence-corrected chi connectivity index (χ3v) is 10.1. The Hall–Kier alpha value is -1.29. The number of halogens is 11. The van der Waals surface area contributed by atoms with E-state index >= 15 is 0 Å². The molecule has 3 nitrogen and oxygen atoms in total. The van der Waals surface area contributed by atoms with Gasteiger partial charge in [-0.3, -0.25) is 0 Å². The van der Waals surface area contributed by atoms with Gasteiger partial charge in [0.05, 0.1) is 0 Å². The lowest BCUT2D eigenvalue weighted by atomic mass is 10.0. The molecule has 1 rings (SSSR count). The van der Waals surface area contributed by atoms with Gasteiger partial charge in [-0.2, -0.15) is 56.7 Å². The Bertz CT molecular complexity index is 880. The van der Waals surface area contributed by atoms with Gasteiger partial charge in [0.15, 0.2) is 0 Å². The first-order valence-electron chi connectivity index (χ1n) is 8.49. The fourth-order valence-corrected chi connectivity index (χ4v) is 7.24. The summed E-state index contributed by atoms with van der Waals surface area (Å²) in [5, 5.41) is -7.14. The molecule has 0 unspecified atom stereocenters. The maximum atomic E-state index is 14.1. The second-order valence-corrected chi connectivity index (χ2v) is 11.8. The summed E-state index contributed by atoms with van der Waals surface area (Å²) in [4.78, 5) is 0. The molecule has 188 valence electrons. The summed E-state index contributed by atoms with van der Waals surface area (Å²) in [6, 6.07) is 7.18. The van der Waals surface area contributed by atoms with Gasteiger partial charge in [0.1, 0.15) is 0 Å². The molecule has 0 aromatic heterocycles. The third kappa shape index (κ3) is 4.67. The van der Waals surface area contributed by atoms with Gasteiger partial charge in [0, 0.05) is 5.75 Å². The van der Waals surface area contributed by atoms with Gasteiger partial charge in [0.2, 0.25) is 0 Å². The van der Waals surface area contributed by atoms with Crippen molar-refractivity contribution < 1.29 is 60.3 Å². The van der Waals surface area contributed by atoms with Gasteiger partial charge < -0.3 is 0 Å². The largest absolute Gasteiger partial charge is 0.460 e. The minimum atomic E-state index is -7.84. The van der Waals surface area contributed by atoms with Crippen molar-refractivity contribution in [3.8, 4) is 0 Å². The van der Waals surface area contributed by atoms with E-state index < -0.39 is 55.4 Å². The summed E-state index contributed by atoms with van der Waals surface area (Å²) < 4.78 is 173. The molecule has 0 amide bonds. The minimum Gasteiger partial charge on any atom is -0.215 e. The van der Waals surface area contributed by atoms with E-state index in [0.717, 1.165) is 0 Å². The topological polar surface area (TPSA) is 43.4 Å². The van der Waals surface area contributed by atoms with E-state index in [1.807, 2.05) is 0 Å². The zero-order chi connectivity index (χ0) is 25.4. The highest BCUT2D eigenvalue weighted by Crippen LogP contribution is 2.61. The Morgan fingerprint density at radius 1 is 0.719 bits per heavy atom. The van der Waals surface area contributed by atoms with Crippen molar-refractivity contribution in [3.05, 3.63) is 35.9 Å². The van der Waals surface area contributed by atoms with Crippen LogP contribution in [0.3, 0.4) is 0 Å². The van der Waals surface area contributed by atoms with Crippen molar-refractivity contribution >= 4 is 20.4 Å². The quantitative estimate of drug-likeness (QED) is 0.331. The molecule has 0 radical (unpaired) electrons. The van der Waals surface area contributed by atoms with Gasteiger partial charge in [-0.15, -0.1) is 10.3 Å². The van der Waals surface area contributed by atoms with Crippen LogP contribution in [0.5, 0.6) is 0 Å². The number of hydrogen-bond donors (Lipinski definition) is 0. The Morgan fingerprint density at radius 3 is 1.53 bits per heavy atom. The van der Waals surface area contributed by atoms with Crippen molar-refractivity contribution in [1.29, 1.82) is 0 Å². The SMILES string of the molecule is CCS(CC)(Cc1ccccc1)OS(=O)(=O)C(F)(F)C(F)(F)C(F)(F)C(F)(F)C(F)(F)F. The van der Waals surface area contributed by atoms with Crippen LogP contribution in [0.1, 0.15) is 19.4 Å². The van der Waals surface area contributed by atoms with Gasteiger partial charge >= 0.3 is 39.3 Å². The highest BCUT2D eigenvalue weighted by molar-refractivity contribution is 8.32. The van der Waals surface area contributed by atoms with Crippen molar-refractivity contribution in [2.75, 3.05) is 11.5 Å². The fraction of sp³-hybridized carbons (Fsp3) is 0.625. The maximum Gasteiger partial charge on any atom is 0.460 e. The number of rotatable bonds is 10. The van der Waals surface area contributed by atoms with E-state index in [1.54, 1.807) is 0 Å². The molecule has 0 aliphatic heterocycles. The van der Waals surface area contributed by atoms with E-state index in [2.05, 4.69) is 3.63 Å². The van der Waals surface area contributed by atoms with Crippen LogP contribution in [0, 0.1) is 0 Å². The van der Waals surface area contributed by atoms with Crippen molar-refractivity contribution in [1.82, 2.24) is 0 Å². The monoisotopic (exact) mass is 530 g/mol. The first-order chi connectivity index (χ1) is 14.2. The Kier molecular flexibility index (Phi) is 7.92. The summed E-state index contributed by atoms with van der Waals surface area (Å²) >= 11 is 0. The molecule has 0 bridgehead atoms. The predicted octanol–water partition coefficient (Wildman–Crippen LogP) is 6.35. The van der Waals surface area contributed by atoms with Crippen molar-refractivity contribution in [2.24, 2.45) is 0 Å². The molecule has 0 saturated heterocycles. The smallest absolute Gasteiger partial charge is 0.215 e. The van der Waals surface area contributed by atoms with Crippen molar-refractivity contribution in [2.45, 2.75) is 48.8 Å². The first-order valence-corrected chi connectivity index (χ1v) is 12.0. The summed E-state index contributed by atoms with van der Waals surface area (Å²) in [6.45, 7) is 2.42. The highest BCUT2D eigenvalue weighted by Gasteiger charge is 2.90. The van der Waals surface area contributed by atoms with E-state index in [1.165, 1.54) is 44.2 Å². The molecule has 1 aromatic carbocycles. The lowest BCUT2D eigenvalue weighted by molar-refractivity contribution is -0.413. The maximum absolute atomic E-state index is 14.1. The zero-order valence-corrected chi connectivity index (χ0v) is 17.8. The Balaban J connectivity index is 3.49. The highest BCUT2D eigenvalue weighted by atomic mass is 32.3. The van der Waals surface area contributed by atoms with Gasteiger partial charge in [0.25, 0.3) is 0 Å². The second kappa shape index (κ2) is 8.81. The molecule has 0 spiro atoms. The van der Waals surface area contributed by atoms with Gasteiger partial charge in [-0.1, -0.05) is 44.2 Å². The van der Waals surface area contributed by atoms with Gasteiger partial charge in [-0.05, 0) is 17.1 Å². The van der Waals surface area contributed by atoms with Crippen LogP contribution in [0.4, 0.5) is 48.3 Å². The average molecular weight is 530 g/mol. The average Bonchev–Trinajstić information content (AvgIpc) is 2.66. The van der Waals surface area contributed by atoms with E-state index in [-0.39, 0.29) is 17.1 Å². The van der Waals surface area contributed by atoms with Crippen molar-refractivity contribution in [3.63, 3.8) is 0 Å². The lowest BCUT2D eigenvalue weighted by Gasteiger charge is -2.40. The molecule has 0 aliphatic carbocycles. The minimum absolute atomic E-state index is 0.283. The van der Waals surface area contributed by atoms with E-state index in [0.29, 0.717) is 0 Å². The molecular weight excluding hydrogens is 513 g/mol. The normalized spacial score (nSPS) is 15.7. The summed E-state index contributed by atoms with van der Waals surface area (Å²) in [6.07, 6.45) is -7.39. The molecule has 0 atom stereocenters. The van der Waals surface area contributed by atoms with Crippen LogP contribution in [0.2, 0.25) is 0 Å². The fourth-order valence-electron chi connectivity index (χ4n) is 2.35. The number of alkyl halides is 11. The van der Waals surface area contributed by atoms with Crippen LogP contribution in [-0.4, -0.2) is 49.1 Å². The molecule has 16 heteroatoms. The molecule has 0 N–H and O–H groups in total. The van der Waals surface area contributed by atoms with E-state index in [4.69, 9.17) is 0 Å². The van der Waals surface area contributed by atoms with Crippen LogP contribution in [0.15, 0.2) is 30.3 Å². The molecule has 0 heterocycles. The second-order valence-electron chi connectivity index (χ2n) is 6.43. The Labute approximate surface area is 177 Å². The summed E-state index contributed by atoms with van der Waals surface area (Å²) in [7, 11) is -10.4. The summed E-state index contributed by atoms with van der Waals surface area (Å²) in [5.74, 6) is -24.4. The number of hydrogen-bond acceptors (Lipinski definition) is 3. The van der Waals surface area contributed by atoms with E-state index in [9.17, 15) is 56.7 Å². The molecule has 0 aliphatic rings. The Morgan fingerprint density at radius 2 is 1.16 bits per heavy atom. The molecular formula is C16H17F11O3S2. The molecule has 0 fully saturated rings. The summed E-state index contributed by atoms with van der Waals surface area (Å²) in [5.41, 5.74) is 0.283. The third-order valence-electron chi connectivity index (χ3n) is 4.38. The van der Waals surface area contributed by atoms with Crippen LogP contribution >= 0.6 is 10.3 Å². The molecule has 1 aromatic rings. The molecule has 32 heavy (non-hydrogen) atoms. The standard InChI is InChI=1S/C16H17F11O3S2/c1-3-31(4-2,10-11-8-6-5-7-9-11)30-32(28,29)16(26,27)14(21,22)12(17,18)13(19,20)15(23,24)25/h5-9H,3-4,10H2,1-2H3. The number of benzene rings is 1. The first kappa shape index (κ1) is 28.7. The lowest BCUT2D eigenvalue weighted by Crippen LogP contribution is -2.68. The predicted molar refractivity (Wildman–Crippen MR) is 94.7 cm³/mol. The van der Waals surface area contributed by atoms with Gasteiger partial charge in [-0.25, -0.2) is 3.63 Å². The molecule has 0 saturated carbocycles. The zero-order valence-electron chi connectivity index (χ0n) is 16.2. The van der Waals surface area contributed by atoms with Crippen LogP contribution in [0.25, 0.3) is 0 Å².